The Bertz CT molecular complexity index is 165. The Labute approximate surface area is 85.9 Å². The molecule has 4 heteroatoms. The average molecular weight is 204 g/mol. The van der Waals surface area contributed by atoms with Crippen LogP contribution in [-0.4, -0.2) is 24.2 Å². The first-order valence-corrected chi connectivity index (χ1v) is 5.14. The minimum absolute atomic E-state index is 0.112. The SMILES string of the molecule is CC(C)(C)CCNC(=O)[C@@H](N)CS. The Hall–Kier alpha value is -0.220. The lowest BCUT2D eigenvalue weighted by atomic mass is 9.92. The fourth-order valence-corrected chi connectivity index (χ4v) is 0.941. The Morgan fingerprint density at radius 3 is 2.46 bits per heavy atom. The maximum absolute atomic E-state index is 11.2. The minimum Gasteiger partial charge on any atom is -0.355 e. The highest BCUT2D eigenvalue weighted by Crippen LogP contribution is 2.16. The number of carbonyl (C=O) groups is 1. The molecule has 78 valence electrons. The van der Waals surface area contributed by atoms with E-state index in [4.69, 9.17) is 5.73 Å². The Balaban J connectivity index is 3.60. The number of nitrogens with two attached hydrogens (primary N) is 1. The molecule has 0 saturated heterocycles. The number of hydrogen-bond donors (Lipinski definition) is 3. The smallest absolute Gasteiger partial charge is 0.237 e. The van der Waals surface area contributed by atoms with Crippen LogP contribution in [0.15, 0.2) is 0 Å². The van der Waals surface area contributed by atoms with Crippen LogP contribution in [0.25, 0.3) is 0 Å². The summed E-state index contributed by atoms with van der Waals surface area (Å²) < 4.78 is 0. The van der Waals surface area contributed by atoms with Crippen molar-refractivity contribution in [1.29, 1.82) is 0 Å². The second kappa shape index (κ2) is 5.50. The summed E-state index contributed by atoms with van der Waals surface area (Å²) in [4.78, 5) is 11.2. The average Bonchev–Trinajstić information content (AvgIpc) is 2.00. The molecule has 3 nitrogen and oxygen atoms in total. The summed E-state index contributed by atoms with van der Waals surface area (Å²) in [5, 5.41) is 2.78. The molecule has 0 aliphatic carbocycles. The molecule has 0 aliphatic rings. The summed E-state index contributed by atoms with van der Waals surface area (Å²) >= 11 is 3.95. The summed E-state index contributed by atoms with van der Waals surface area (Å²) in [5.41, 5.74) is 5.73. The van der Waals surface area contributed by atoms with Gasteiger partial charge >= 0.3 is 0 Å². The summed E-state index contributed by atoms with van der Waals surface area (Å²) in [7, 11) is 0. The number of hydrogen-bond acceptors (Lipinski definition) is 3. The van der Waals surface area contributed by atoms with Crippen molar-refractivity contribution in [3.63, 3.8) is 0 Å². The normalized spacial score (nSPS) is 13.9. The van der Waals surface area contributed by atoms with E-state index in [2.05, 4.69) is 38.7 Å². The van der Waals surface area contributed by atoms with Gasteiger partial charge in [0.1, 0.15) is 0 Å². The number of thiol groups is 1. The Morgan fingerprint density at radius 1 is 1.54 bits per heavy atom. The second-order valence-corrected chi connectivity index (χ2v) is 4.76. The molecule has 0 radical (unpaired) electrons. The van der Waals surface area contributed by atoms with Crippen LogP contribution in [0, 0.1) is 5.41 Å². The molecule has 0 aliphatic heterocycles. The molecule has 0 fully saturated rings. The van der Waals surface area contributed by atoms with Crippen molar-refractivity contribution in [2.24, 2.45) is 11.1 Å². The lowest BCUT2D eigenvalue weighted by Gasteiger charge is -2.18. The summed E-state index contributed by atoms with van der Waals surface area (Å²) in [5.74, 6) is 0.278. The van der Waals surface area contributed by atoms with E-state index in [1.807, 2.05) is 0 Å². The zero-order valence-corrected chi connectivity index (χ0v) is 9.53. The van der Waals surface area contributed by atoms with Gasteiger partial charge in [-0.25, -0.2) is 0 Å². The molecule has 1 amide bonds. The Kier molecular flexibility index (Phi) is 5.40. The van der Waals surface area contributed by atoms with E-state index in [1.165, 1.54) is 0 Å². The number of carbonyl (C=O) groups excluding carboxylic acids is 1. The monoisotopic (exact) mass is 204 g/mol. The molecule has 3 N–H and O–H groups in total. The third-order valence-electron chi connectivity index (χ3n) is 1.71. The molecule has 0 aromatic rings. The van der Waals surface area contributed by atoms with Gasteiger partial charge in [0.25, 0.3) is 0 Å². The van der Waals surface area contributed by atoms with Gasteiger partial charge in [-0.3, -0.25) is 4.79 Å². The largest absolute Gasteiger partial charge is 0.355 e. The van der Waals surface area contributed by atoms with Gasteiger partial charge in [0.2, 0.25) is 5.91 Å². The van der Waals surface area contributed by atoms with Crippen molar-refractivity contribution in [1.82, 2.24) is 5.32 Å². The van der Waals surface area contributed by atoms with Gasteiger partial charge in [0, 0.05) is 12.3 Å². The van der Waals surface area contributed by atoms with E-state index in [1.54, 1.807) is 0 Å². The molecule has 0 heterocycles. The first kappa shape index (κ1) is 12.8. The van der Waals surface area contributed by atoms with Crippen LogP contribution in [-0.2, 0) is 4.79 Å². The maximum atomic E-state index is 11.2. The van der Waals surface area contributed by atoms with E-state index in [0.29, 0.717) is 12.3 Å². The zero-order valence-electron chi connectivity index (χ0n) is 8.63. The van der Waals surface area contributed by atoms with Gasteiger partial charge in [-0.2, -0.15) is 12.6 Å². The van der Waals surface area contributed by atoms with Gasteiger partial charge in [0.15, 0.2) is 0 Å². The molecule has 0 rings (SSSR count). The minimum atomic E-state index is -0.483. The fraction of sp³-hybridized carbons (Fsp3) is 0.889. The standard InChI is InChI=1S/C9H20N2OS/c1-9(2,3)4-5-11-8(12)7(10)6-13/h7,13H,4-6,10H2,1-3H3,(H,11,12)/t7-/m0/s1. The van der Waals surface area contributed by atoms with E-state index < -0.39 is 6.04 Å². The third kappa shape index (κ3) is 6.90. The van der Waals surface area contributed by atoms with E-state index in [0.717, 1.165) is 6.42 Å². The van der Waals surface area contributed by atoms with Crippen LogP contribution in [0.5, 0.6) is 0 Å². The van der Waals surface area contributed by atoms with Gasteiger partial charge in [-0.15, -0.1) is 0 Å². The Morgan fingerprint density at radius 2 is 2.08 bits per heavy atom. The van der Waals surface area contributed by atoms with Crippen LogP contribution in [0.3, 0.4) is 0 Å². The van der Waals surface area contributed by atoms with E-state index >= 15 is 0 Å². The van der Waals surface area contributed by atoms with Crippen LogP contribution in [0.4, 0.5) is 0 Å². The molecule has 1 atom stereocenters. The molecule has 0 bridgehead atoms. The van der Waals surface area contributed by atoms with Gasteiger partial charge in [-0.1, -0.05) is 20.8 Å². The number of nitrogens with one attached hydrogen (secondary N) is 1. The molecule has 0 aromatic carbocycles. The van der Waals surface area contributed by atoms with Gasteiger partial charge in [-0.05, 0) is 11.8 Å². The predicted octanol–water partition coefficient (Wildman–Crippen LogP) is 0.796. The fourth-order valence-electron chi connectivity index (χ4n) is 0.775. The van der Waals surface area contributed by atoms with Crippen molar-refractivity contribution in [2.75, 3.05) is 12.3 Å². The van der Waals surface area contributed by atoms with Crippen molar-refractivity contribution < 1.29 is 4.79 Å². The van der Waals surface area contributed by atoms with Crippen molar-refractivity contribution in [3.05, 3.63) is 0 Å². The van der Waals surface area contributed by atoms with Crippen molar-refractivity contribution >= 4 is 18.5 Å². The molecule has 0 spiro atoms. The maximum Gasteiger partial charge on any atom is 0.237 e. The summed E-state index contributed by atoms with van der Waals surface area (Å²) in [6.07, 6.45) is 0.956. The number of amides is 1. The second-order valence-electron chi connectivity index (χ2n) is 4.39. The lowest BCUT2D eigenvalue weighted by molar-refractivity contribution is -0.121. The summed E-state index contributed by atoms with van der Waals surface area (Å²) in [6.45, 7) is 7.09. The van der Waals surface area contributed by atoms with Crippen molar-refractivity contribution in [3.8, 4) is 0 Å². The lowest BCUT2D eigenvalue weighted by Crippen LogP contribution is -2.42. The highest BCUT2D eigenvalue weighted by atomic mass is 32.1. The highest BCUT2D eigenvalue weighted by molar-refractivity contribution is 7.80. The highest BCUT2D eigenvalue weighted by Gasteiger charge is 2.13. The molecule has 0 saturated carbocycles. The molecule has 0 aromatic heterocycles. The van der Waals surface area contributed by atoms with Crippen LogP contribution in [0.2, 0.25) is 0 Å². The van der Waals surface area contributed by atoms with Gasteiger partial charge < -0.3 is 11.1 Å². The van der Waals surface area contributed by atoms with Crippen LogP contribution >= 0.6 is 12.6 Å². The zero-order chi connectivity index (χ0) is 10.5. The molecule has 13 heavy (non-hydrogen) atoms. The molecule has 0 unspecified atom stereocenters. The first-order valence-electron chi connectivity index (χ1n) is 4.51. The quantitative estimate of drug-likeness (QED) is 0.593. The first-order chi connectivity index (χ1) is 5.87. The van der Waals surface area contributed by atoms with Crippen LogP contribution in [0.1, 0.15) is 27.2 Å². The third-order valence-corrected chi connectivity index (χ3v) is 2.10. The molecular formula is C9H20N2OS. The topological polar surface area (TPSA) is 55.1 Å². The molecular weight excluding hydrogens is 184 g/mol. The van der Waals surface area contributed by atoms with Crippen molar-refractivity contribution in [2.45, 2.75) is 33.2 Å². The number of rotatable bonds is 4. The van der Waals surface area contributed by atoms with E-state index in [9.17, 15) is 4.79 Å². The van der Waals surface area contributed by atoms with Crippen LogP contribution < -0.4 is 11.1 Å². The van der Waals surface area contributed by atoms with Gasteiger partial charge in [0.05, 0.1) is 6.04 Å². The predicted molar refractivity (Wildman–Crippen MR) is 58.9 cm³/mol. The summed E-state index contributed by atoms with van der Waals surface area (Å²) in [6, 6.07) is -0.483. The van der Waals surface area contributed by atoms with E-state index in [-0.39, 0.29) is 11.3 Å².